The molecule has 1 saturated heterocycles. The lowest BCUT2D eigenvalue weighted by atomic mass is 9.79. The van der Waals surface area contributed by atoms with Gasteiger partial charge < -0.3 is 15.0 Å². The normalized spacial score (nSPS) is 22.0. The molecule has 1 aromatic carbocycles. The van der Waals surface area contributed by atoms with E-state index in [0.717, 1.165) is 39.4 Å². The van der Waals surface area contributed by atoms with Crippen molar-refractivity contribution in [2.75, 3.05) is 32.8 Å². The number of aromatic nitrogens is 1. The largest absolute Gasteiger partial charge is 0.379 e. The number of nitrogens with one attached hydrogen (secondary N) is 2. The van der Waals surface area contributed by atoms with Crippen molar-refractivity contribution in [2.24, 2.45) is 0 Å². The van der Waals surface area contributed by atoms with Crippen molar-refractivity contribution in [1.82, 2.24) is 15.2 Å². The molecule has 2 fully saturated rings. The van der Waals surface area contributed by atoms with Gasteiger partial charge in [-0.2, -0.15) is 0 Å². The quantitative estimate of drug-likeness (QED) is 0.885. The van der Waals surface area contributed by atoms with Crippen molar-refractivity contribution in [3.63, 3.8) is 0 Å². The summed E-state index contributed by atoms with van der Waals surface area (Å²) in [6.07, 6.45) is 8.82. The Labute approximate surface area is 144 Å². The van der Waals surface area contributed by atoms with Crippen molar-refractivity contribution < 1.29 is 4.74 Å². The minimum atomic E-state index is 0.341. The van der Waals surface area contributed by atoms with Gasteiger partial charge in [0.1, 0.15) is 0 Å². The standard InChI is InChI=1S/C20H29N3O/c1-2-8-20(9-3-1,23-11-13-24-14-12-23)16-21-15-17-5-4-6-19-18(17)7-10-22-19/h4-7,10,21-22H,1-3,8-9,11-16H2. The number of benzene rings is 1. The van der Waals surface area contributed by atoms with Gasteiger partial charge in [-0.15, -0.1) is 0 Å². The molecule has 2 aromatic rings. The molecule has 0 amide bonds. The highest BCUT2D eigenvalue weighted by Crippen LogP contribution is 2.34. The maximum atomic E-state index is 5.58. The van der Waals surface area contributed by atoms with Gasteiger partial charge in [-0.25, -0.2) is 0 Å². The van der Waals surface area contributed by atoms with E-state index in [1.54, 1.807) is 0 Å². The summed E-state index contributed by atoms with van der Waals surface area (Å²) in [5.41, 5.74) is 2.96. The third-order valence-corrected chi connectivity index (χ3v) is 5.92. The number of nitrogens with zero attached hydrogens (tertiary/aromatic N) is 1. The first kappa shape index (κ1) is 16.1. The predicted octanol–water partition coefficient (Wildman–Crippen LogP) is 3.29. The van der Waals surface area contributed by atoms with Crippen LogP contribution in [0.15, 0.2) is 30.5 Å². The fourth-order valence-corrected chi connectivity index (χ4v) is 4.59. The van der Waals surface area contributed by atoms with Crippen LogP contribution >= 0.6 is 0 Å². The molecule has 2 heterocycles. The topological polar surface area (TPSA) is 40.3 Å². The Bertz CT molecular complexity index is 654. The van der Waals surface area contributed by atoms with E-state index in [2.05, 4.69) is 39.5 Å². The van der Waals surface area contributed by atoms with E-state index in [9.17, 15) is 0 Å². The van der Waals surface area contributed by atoms with Crippen molar-refractivity contribution >= 4 is 10.9 Å². The SMILES string of the molecule is c1cc(CNCC2(N3CCOCC3)CCCCC2)c2cc[nH]c2c1. The maximum absolute atomic E-state index is 5.58. The number of hydrogen-bond acceptors (Lipinski definition) is 3. The van der Waals surface area contributed by atoms with Crippen molar-refractivity contribution in [3.05, 3.63) is 36.0 Å². The second kappa shape index (κ2) is 7.26. The highest BCUT2D eigenvalue weighted by Gasteiger charge is 2.38. The number of ether oxygens (including phenoxy) is 1. The van der Waals surface area contributed by atoms with E-state index in [4.69, 9.17) is 4.74 Å². The third kappa shape index (κ3) is 3.23. The third-order valence-electron chi connectivity index (χ3n) is 5.92. The monoisotopic (exact) mass is 327 g/mol. The fraction of sp³-hybridized carbons (Fsp3) is 0.600. The molecule has 1 aliphatic carbocycles. The Morgan fingerprint density at radius 2 is 1.92 bits per heavy atom. The first-order valence-corrected chi connectivity index (χ1v) is 9.46. The van der Waals surface area contributed by atoms with Crippen molar-refractivity contribution in [2.45, 2.75) is 44.2 Å². The summed E-state index contributed by atoms with van der Waals surface area (Å²) in [6.45, 7) is 6.01. The highest BCUT2D eigenvalue weighted by molar-refractivity contribution is 5.82. The molecular formula is C20H29N3O. The van der Waals surface area contributed by atoms with Crippen molar-refractivity contribution in [3.8, 4) is 0 Å². The number of aromatic amines is 1. The van der Waals surface area contributed by atoms with Crippen LogP contribution in [0.2, 0.25) is 0 Å². The molecule has 0 spiro atoms. The molecule has 1 aromatic heterocycles. The molecule has 4 nitrogen and oxygen atoms in total. The first-order chi connectivity index (χ1) is 11.9. The van der Waals surface area contributed by atoms with Crippen LogP contribution in [0.1, 0.15) is 37.7 Å². The van der Waals surface area contributed by atoms with Gasteiger partial charge in [0, 0.05) is 48.8 Å². The molecule has 0 bridgehead atoms. The van der Waals surface area contributed by atoms with Crippen LogP contribution in [0.25, 0.3) is 10.9 Å². The molecule has 0 radical (unpaired) electrons. The molecule has 0 unspecified atom stereocenters. The number of rotatable bonds is 5. The highest BCUT2D eigenvalue weighted by atomic mass is 16.5. The van der Waals surface area contributed by atoms with Gasteiger partial charge in [-0.05, 0) is 30.5 Å². The Hall–Kier alpha value is -1.36. The fourth-order valence-electron chi connectivity index (χ4n) is 4.59. The second-order valence-corrected chi connectivity index (χ2v) is 7.34. The summed E-state index contributed by atoms with van der Waals surface area (Å²) >= 11 is 0. The van der Waals surface area contributed by atoms with Crippen LogP contribution in [0, 0.1) is 0 Å². The first-order valence-electron chi connectivity index (χ1n) is 9.46. The van der Waals surface area contributed by atoms with E-state index < -0.39 is 0 Å². The molecule has 4 heteroatoms. The van der Waals surface area contributed by atoms with E-state index in [1.165, 1.54) is 48.6 Å². The molecule has 24 heavy (non-hydrogen) atoms. The minimum Gasteiger partial charge on any atom is -0.379 e. The van der Waals surface area contributed by atoms with Gasteiger partial charge in [0.25, 0.3) is 0 Å². The Balaban J connectivity index is 1.44. The van der Waals surface area contributed by atoms with Crippen LogP contribution in [-0.4, -0.2) is 48.3 Å². The van der Waals surface area contributed by atoms with Crippen LogP contribution in [0.5, 0.6) is 0 Å². The van der Waals surface area contributed by atoms with Gasteiger partial charge in [-0.1, -0.05) is 31.4 Å². The molecular weight excluding hydrogens is 298 g/mol. The summed E-state index contributed by atoms with van der Waals surface area (Å²) in [5, 5.41) is 5.14. The average Bonchev–Trinajstić information content (AvgIpc) is 3.13. The van der Waals surface area contributed by atoms with Gasteiger partial charge in [0.2, 0.25) is 0 Å². The summed E-state index contributed by atoms with van der Waals surface area (Å²) in [4.78, 5) is 6.02. The van der Waals surface area contributed by atoms with Crippen molar-refractivity contribution in [1.29, 1.82) is 0 Å². The number of fused-ring (bicyclic) bond motifs is 1. The smallest absolute Gasteiger partial charge is 0.0594 e. The van der Waals surface area contributed by atoms with Crippen LogP contribution in [0.3, 0.4) is 0 Å². The summed E-state index contributed by atoms with van der Waals surface area (Å²) < 4.78 is 5.58. The zero-order valence-electron chi connectivity index (χ0n) is 14.5. The number of morpholine rings is 1. The molecule has 1 aliphatic heterocycles. The zero-order chi connectivity index (χ0) is 16.2. The number of hydrogen-bond donors (Lipinski definition) is 2. The Kier molecular flexibility index (Phi) is 4.88. The van der Waals surface area contributed by atoms with E-state index >= 15 is 0 Å². The molecule has 4 rings (SSSR count). The van der Waals surface area contributed by atoms with Crippen LogP contribution in [0.4, 0.5) is 0 Å². The van der Waals surface area contributed by atoms with E-state index in [-0.39, 0.29) is 0 Å². The molecule has 2 N–H and O–H groups in total. The average molecular weight is 327 g/mol. The molecule has 1 saturated carbocycles. The second-order valence-electron chi connectivity index (χ2n) is 7.34. The van der Waals surface area contributed by atoms with E-state index in [1.807, 2.05) is 6.20 Å². The minimum absolute atomic E-state index is 0.341. The van der Waals surface area contributed by atoms with Gasteiger partial charge >= 0.3 is 0 Å². The molecule has 0 atom stereocenters. The van der Waals surface area contributed by atoms with Gasteiger partial charge in [-0.3, -0.25) is 4.90 Å². The van der Waals surface area contributed by atoms with E-state index in [0.29, 0.717) is 5.54 Å². The van der Waals surface area contributed by atoms with Gasteiger partial charge in [0.05, 0.1) is 13.2 Å². The Morgan fingerprint density at radius 1 is 1.08 bits per heavy atom. The predicted molar refractivity (Wildman–Crippen MR) is 98.2 cm³/mol. The Morgan fingerprint density at radius 3 is 2.75 bits per heavy atom. The summed E-state index contributed by atoms with van der Waals surface area (Å²) in [5.74, 6) is 0. The van der Waals surface area contributed by atoms with Crippen LogP contribution in [-0.2, 0) is 11.3 Å². The van der Waals surface area contributed by atoms with Gasteiger partial charge in [0.15, 0.2) is 0 Å². The zero-order valence-corrected chi connectivity index (χ0v) is 14.5. The summed E-state index contributed by atoms with van der Waals surface area (Å²) in [7, 11) is 0. The lowest BCUT2D eigenvalue weighted by molar-refractivity contribution is -0.0369. The maximum Gasteiger partial charge on any atom is 0.0594 e. The lowest BCUT2D eigenvalue weighted by Gasteiger charge is -2.48. The lowest BCUT2D eigenvalue weighted by Crippen LogP contribution is -2.59. The molecule has 130 valence electrons. The number of H-pyrrole nitrogens is 1. The molecule has 2 aliphatic rings. The summed E-state index contributed by atoms with van der Waals surface area (Å²) in [6, 6.07) is 8.72. The van der Waals surface area contributed by atoms with Crippen LogP contribution < -0.4 is 5.32 Å².